The van der Waals surface area contributed by atoms with E-state index in [0.29, 0.717) is 47.9 Å². The van der Waals surface area contributed by atoms with Crippen LogP contribution in [0.15, 0.2) is 35.8 Å². The minimum absolute atomic E-state index is 0.00351. The molecule has 0 aromatic heterocycles. The van der Waals surface area contributed by atoms with E-state index in [0.717, 1.165) is 37.9 Å². The highest BCUT2D eigenvalue weighted by Crippen LogP contribution is 2.77. The van der Waals surface area contributed by atoms with Crippen molar-refractivity contribution < 1.29 is 23.8 Å². The van der Waals surface area contributed by atoms with E-state index in [2.05, 4.69) is 54.7 Å². The van der Waals surface area contributed by atoms with Crippen LogP contribution in [-0.2, 0) is 23.8 Å². The number of hydrogen-bond acceptors (Lipinski definition) is 5. The summed E-state index contributed by atoms with van der Waals surface area (Å²) in [4.78, 5) is 24.8. The Balaban J connectivity index is 1.35. The Morgan fingerprint density at radius 3 is 2.29 bits per heavy atom. The molecule has 45 heavy (non-hydrogen) atoms. The van der Waals surface area contributed by atoms with Crippen LogP contribution in [0.5, 0.6) is 0 Å². The predicted octanol–water partition coefficient (Wildman–Crippen LogP) is 9.72. The van der Waals surface area contributed by atoms with E-state index in [-0.39, 0.29) is 45.6 Å². The largest absolute Gasteiger partial charge is 0.495 e. The summed E-state index contributed by atoms with van der Waals surface area (Å²) in [6.45, 7) is 27.3. The molecule has 0 aromatic rings. The highest BCUT2D eigenvalue weighted by molar-refractivity contribution is 5.76. The molecule has 0 amide bonds. The number of hydrogen-bond donors (Lipinski definition) is 0. The van der Waals surface area contributed by atoms with Gasteiger partial charge in [-0.25, -0.2) is 0 Å². The lowest BCUT2D eigenvalue weighted by atomic mass is 9.32. The molecule has 5 saturated carbocycles. The average Bonchev–Trinajstić information content (AvgIpc) is 3.48. The van der Waals surface area contributed by atoms with Crippen LogP contribution in [0.4, 0.5) is 0 Å². The van der Waals surface area contributed by atoms with E-state index >= 15 is 0 Å². The van der Waals surface area contributed by atoms with Crippen molar-refractivity contribution in [3.05, 3.63) is 35.8 Å². The van der Waals surface area contributed by atoms with Gasteiger partial charge < -0.3 is 14.2 Å². The fourth-order valence-electron chi connectivity index (χ4n) is 13.2. The maximum absolute atomic E-state index is 12.6. The van der Waals surface area contributed by atoms with Crippen LogP contribution >= 0.6 is 0 Å². The molecule has 0 bridgehead atoms. The van der Waals surface area contributed by atoms with Gasteiger partial charge in [0.15, 0.2) is 0 Å². The standard InChI is InChI=1S/C40H60O5/c1-24(2)44-33-15-16-37(8)31(36(33,6)7)14-17-39(10)32(37)12-11-30-34-29(25(3)21-28-22-26(4)45-35(28)42)13-18-40(34,23-43-27(5)41)20-19-38(30,39)9/h28,30-34H,1,4,11-23H2,2-3,5-10H3/b29-25+/t28?,30?,31?,32?,33-,34?,37-,38+,39+,40+/m0/s1. The van der Waals surface area contributed by atoms with Crippen LogP contribution in [0, 0.1) is 56.7 Å². The lowest BCUT2D eigenvalue weighted by molar-refractivity contribution is -0.246. The molecular formula is C40H60O5. The van der Waals surface area contributed by atoms with Gasteiger partial charge in [0.2, 0.25) is 0 Å². The third-order valence-electron chi connectivity index (χ3n) is 15.4. The van der Waals surface area contributed by atoms with Crippen LogP contribution in [0.2, 0.25) is 0 Å². The van der Waals surface area contributed by atoms with Gasteiger partial charge in [0, 0.05) is 24.2 Å². The number of cyclic esters (lactones) is 1. The number of fused-ring (bicyclic) bond motifs is 7. The Kier molecular flexibility index (Phi) is 8.05. The molecule has 0 N–H and O–H groups in total. The lowest BCUT2D eigenvalue weighted by Gasteiger charge is -2.72. The fourth-order valence-corrected chi connectivity index (χ4v) is 13.2. The summed E-state index contributed by atoms with van der Waals surface area (Å²) in [5, 5.41) is 0. The molecule has 0 radical (unpaired) electrons. The number of carbonyl (C=O) groups excluding carboxylic acids is 2. The Labute approximate surface area is 273 Å². The van der Waals surface area contributed by atoms with E-state index in [1.54, 1.807) is 12.5 Å². The maximum atomic E-state index is 12.6. The summed E-state index contributed by atoms with van der Waals surface area (Å²) in [5.74, 6) is 3.30. The van der Waals surface area contributed by atoms with Crippen LogP contribution in [0.25, 0.3) is 0 Å². The number of allylic oxidation sites excluding steroid dienone is 4. The summed E-state index contributed by atoms with van der Waals surface area (Å²) in [5.41, 5.74) is 3.79. The monoisotopic (exact) mass is 620 g/mol. The van der Waals surface area contributed by atoms with Gasteiger partial charge in [-0.05, 0) is 124 Å². The zero-order valence-corrected chi connectivity index (χ0v) is 29.6. The van der Waals surface area contributed by atoms with Crippen molar-refractivity contribution >= 4 is 11.9 Å². The van der Waals surface area contributed by atoms with Crippen LogP contribution < -0.4 is 0 Å². The third kappa shape index (κ3) is 4.90. The SMILES string of the molecule is C=C(C)O[C@H]1CC[C@@]2(C)C(CC[C@]3(C)C2CCC2C4/C(=C(\C)CC5CC(=C)OC5=O)CC[C@]4(COC(C)=O)CC[C@]23C)C1(C)C. The van der Waals surface area contributed by atoms with E-state index in [9.17, 15) is 9.59 Å². The first-order chi connectivity index (χ1) is 21.0. The van der Waals surface area contributed by atoms with Gasteiger partial charge >= 0.3 is 11.9 Å². The van der Waals surface area contributed by atoms with E-state index in [1.807, 2.05) is 6.92 Å². The lowest BCUT2D eigenvalue weighted by Crippen LogP contribution is -2.66. The van der Waals surface area contributed by atoms with Crippen molar-refractivity contribution in [2.75, 3.05) is 6.61 Å². The molecule has 5 heteroatoms. The molecule has 6 aliphatic rings. The van der Waals surface area contributed by atoms with Crippen LogP contribution in [0.1, 0.15) is 132 Å². The zero-order valence-electron chi connectivity index (χ0n) is 29.6. The van der Waals surface area contributed by atoms with Crippen LogP contribution in [0.3, 0.4) is 0 Å². The number of esters is 2. The molecule has 5 aliphatic carbocycles. The quantitative estimate of drug-likeness (QED) is 0.168. The van der Waals surface area contributed by atoms with Crippen molar-refractivity contribution in [2.24, 2.45) is 56.7 Å². The Hall–Kier alpha value is -2.04. The van der Waals surface area contributed by atoms with Gasteiger partial charge in [0.05, 0.1) is 18.3 Å². The second kappa shape index (κ2) is 11.0. The van der Waals surface area contributed by atoms with Crippen molar-refractivity contribution in [3.63, 3.8) is 0 Å². The summed E-state index contributed by atoms with van der Waals surface area (Å²) < 4.78 is 17.7. The molecule has 1 saturated heterocycles. The Bertz CT molecular complexity index is 1310. The molecule has 1 aliphatic heterocycles. The number of rotatable bonds is 6. The van der Waals surface area contributed by atoms with Gasteiger partial charge in [-0.15, -0.1) is 0 Å². The Morgan fingerprint density at radius 2 is 1.64 bits per heavy atom. The van der Waals surface area contributed by atoms with Gasteiger partial charge in [-0.1, -0.05) is 58.9 Å². The Morgan fingerprint density at radius 1 is 0.911 bits per heavy atom. The molecular weight excluding hydrogens is 560 g/mol. The summed E-state index contributed by atoms with van der Waals surface area (Å²) in [6.07, 6.45) is 13.4. The van der Waals surface area contributed by atoms with Gasteiger partial charge in [0.25, 0.3) is 0 Å². The molecule has 6 rings (SSSR count). The summed E-state index contributed by atoms with van der Waals surface area (Å²) in [7, 11) is 0. The summed E-state index contributed by atoms with van der Waals surface area (Å²) >= 11 is 0. The first-order valence-electron chi connectivity index (χ1n) is 18.0. The minimum Gasteiger partial charge on any atom is -0.495 e. The molecule has 10 atom stereocenters. The average molecular weight is 621 g/mol. The molecule has 5 unspecified atom stereocenters. The molecule has 5 nitrogen and oxygen atoms in total. The molecule has 250 valence electrons. The second-order valence-corrected chi connectivity index (χ2v) is 17.8. The van der Waals surface area contributed by atoms with Gasteiger partial charge in [-0.3, -0.25) is 9.59 Å². The first-order valence-corrected chi connectivity index (χ1v) is 18.0. The topological polar surface area (TPSA) is 61.8 Å². The van der Waals surface area contributed by atoms with Crippen molar-refractivity contribution in [3.8, 4) is 0 Å². The molecule has 0 spiro atoms. The van der Waals surface area contributed by atoms with Crippen molar-refractivity contribution in [2.45, 2.75) is 139 Å². The van der Waals surface area contributed by atoms with Crippen molar-refractivity contribution in [1.82, 2.24) is 0 Å². The van der Waals surface area contributed by atoms with Crippen molar-refractivity contribution in [1.29, 1.82) is 0 Å². The number of carbonyl (C=O) groups is 2. The van der Waals surface area contributed by atoms with E-state index < -0.39 is 0 Å². The van der Waals surface area contributed by atoms with Gasteiger partial charge in [-0.2, -0.15) is 0 Å². The molecule has 1 heterocycles. The van der Waals surface area contributed by atoms with E-state index in [1.165, 1.54) is 44.1 Å². The highest BCUT2D eigenvalue weighted by Gasteiger charge is 2.70. The molecule has 6 fully saturated rings. The molecule has 0 aromatic carbocycles. The first kappa shape index (κ1) is 32.9. The normalized spacial score (nSPS) is 46.2. The number of ether oxygens (including phenoxy) is 3. The predicted molar refractivity (Wildman–Crippen MR) is 178 cm³/mol. The fraction of sp³-hybridized carbons (Fsp3) is 0.800. The minimum atomic E-state index is -0.173. The maximum Gasteiger partial charge on any atom is 0.314 e. The third-order valence-corrected chi connectivity index (χ3v) is 15.4. The van der Waals surface area contributed by atoms with E-state index in [4.69, 9.17) is 14.2 Å². The van der Waals surface area contributed by atoms with Gasteiger partial charge in [0.1, 0.15) is 11.9 Å². The second-order valence-electron chi connectivity index (χ2n) is 17.8. The zero-order chi connectivity index (χ0) is 32.7. The summed E-state index contributed by atoms with van der Waals surface area (Å²) in [6, 6.07) is 0. The highest BCUT2D eigenvalue weighted by atomic mass is 16.5. The smallest absolute Gasteiger partial charge is 0.314 e. The van der Waals surface area contributed by atoms with Crippen LogP contribution in [-0.4, -0.2) is 24.6 Å².